The molecule has 0 amide bonds. The van der Waals surface area contributed by atoms with Crippen LogP contribution in [0.25, 0.3) is 61.3 Å². The molecular weight excluding hydrogens is 789 g/mol. The van der Waals surface area contributed by atoms with Crippen LogP contribution in [0.3, 0.4) is 0 Å². The Morgan fingerprint density at radius 1 is 0.431 bits per heavy atom. The lowest BCUT2D eigenvalue weighted by Gasteiger charge is -2.26. The van der Waals surface area contributed by atoms with E-state index in [1.54, 1.807) is 0 Å². The molecule has 0 radical (unpaired) electrons. The van der Waals surface area contributed by atoms with Gasteiger partial charge in [-0.2, -0.15) is 0 Å². The van der Waals surface area contributed by atoms with Gasteiger partial charge in [-0.15, -0.1) is 0 Å². The molecule has 0 aliphatic heterocycles. The summed E-state index contributed by atoms with van der Waals surface area (Å²) in [4.78, 5) is 4.75. The molecule has 4 heteroatoms. The lowest BCUT2D eigenvalue weighted by Crippen LogP contribution is -2.10. The van der Waals surface area contributed by atoms with Gasteiger partial charge in [0.25, 0.3) is 0 Å². The molecule has 12 rings (SSSR count). The quantitative estimate of drug-likeness (QED) is 0.144. The second-order valence-electron chi connectivity index (χ2n) is 17.4. The van der Waals surface area contributed by atoms with Crippen LogP contribution in [-0.4, -0.2) is 9.13 Å². The highest BCUT2D eigenvalue weighted by Crippen LogP contribution is 2.43. The molecule has 2 aromatic heterocycles. The van der Waals surface area contributed by atoms with E-state index in [9.17, 15) is 0 Å². The van der Waals surface area contributed by atoms with Gasteiger partial charge in [-0.3, -0.25) is 0 Å². The van der Waals surface area contributed by atoms with Gasteiger partial charge >= 0.3 is 0 Å². The highest BCUT2D eigenvalue weighted by atomic mass is 15.2. The molecular formula is C61H48N4. The number of hydrogen-bond acceptors (Lipinski definition) is 2. The zero-order valence-electron chi connectivity index (χ0n) is 36.4. The van der Waals surface area contributed by atoms with Gasteiger partial charge in [-0.25, -0.2) is 0 Å². The average Bonchev–Trinajstić information content (AvgIpc) is 3.87. The molecule has 4 nitrogen and oxygen atoms in total. The molecule has 0 fully saturated rings. The molecule has 0 spiro atoms. The van der Waals surface area contributed by atoms with Gasteiger partial charge in [-0.1, -0.05) is 134 Å². The molecule has 2 aliphatic carbocycles. The number of allylic oxidation sites excluding steroid dienone is 5. The second-order valence-corrected chi connectivity index (χ2v) is 17.4. The highest BCUT2D eigenvalue weighted by molar-refractivity contribution is 6.10. The second kappa shape index (κ2) is 16.2. The number of nitrogens with zero attached hydrogens (tertiary/aromatic N) is 4. The minimum absolute atomic E-state index is 0.519. The van der Waals surface area contributed by atoms with Crippen molar-refractivity contribution in [3.63, 3.8) is 0 Å². The van der Waals surface area contributed by atoms with Crippen molar-refractivity contribution in [2.75, 3.05) is 9.80 Å². The lowest BCUT2D eigenvalue weighted by molar-refractivity contribution is 0.718. The largest absolute Gasteiger partial charge is 0.310 e. The van der Waals surface area contributed by atoms with E-state index < -0.39 is 0 Å². The maximum Gasteiger partial charge on any atom is 0.0561 e. The van der Waals surface area contributed by atoms with E-state index in [0.29, 0.717) is 5.92 Å². The third-order valence-electron chi connectivity index (χ3n) is 13.2. The Morgan fingerprint density at radius 3 is 1.54 bits per heavy atom. The first kappa shape index (κ1) is 38.6. The van der Waals surface area contributed by atoms with E-state index in [4.69, 9.17) is 0 Å². The van der Waals surface area contributed by atoms with Crippen LogP contribution in [0.1, 0.15) is 31.0 Å². The molecule has 8 aromatic carbocycles. The van der Waals surface area contributed by atoms with Crippen molar-refractivity contribution in [1.29, 1.82) is 0 Å². The average molecular weight is 837 g/mol. The normalized spacial score (nSPS) is 14.5. The number of benzene rings is 8. The van der Waals surface area contributed by atoms with Crippen molar-refractivity contribution in [3.8, 4) is 16.8 Å². The smallest absolute Gasteiger partial charge is 0.0561 e. The molecule has 312 valence electrons. The molecule has 1 atom stereocenters. The molecule has 0 bridgehead atoms. The molecule has 2 aliphatic rings. The topological polar surface area (TPSA) is 16.3 Å². The summed E-state index contributed by atoms with van der Waals surface area (Å²) >= 11 is 0. The van der Waals surface area contributed by atoms with Gasteiger partial charge in [-0.05, 0) is 145 Å². The van der Waals surface area contributed by atoms with E-state index in [-0.39, 0.29) is 0 Å². The summed E-state index contributed by atoms with van der Waals surface area (Å²) < 4.78 is 4.88. The van der Waals surface area contributed by atoms with Crippen molar-refractivity contribution in [3.05, 3.63) is 236 Å². The van der Waals surface area contributed by atoms with Crippen LogP contribution >= 0.6 is 0 Å². The van der Waals surface area contributed by atoms with Gasteiger partial charge in [0.15, 0.2) is 0 Å². The first-order valence-corrected chi connectivity index (χ1v) is 22.9. The first-order valence-electron chi connectivity index (χ1n) is 22.9. The van der Waals surface area contributed by atoms with Crippen LogP contribution in [0.15, 0.2) is 224 Å². The summed E-state index contributed by atoms with van der Waals surface area (Å²) in [5, 5.41) is 3.83. The summed E-state index contributed by atoms with van der Waals surface area (Å²) in [7, 11) is 0. The van der Waals surface area contributed by atoms with Crippen LogP contribution in [0.5, 0.6) is 0 Å². The summed E-state index contributed by atoms with van der Waals surface area (Å²) in [5.41, 5.74) is 17.8. The number of anilines is 6. The molecule has 0 N–H and O–H groups in total. The zero-order valence-corrected chi connectivity index (χ0v) is 36.4. The molecule has 10 aromatic rings. The Bertz CT molecular complexity index is 3440. The molecule has 0 saturated heterocycles. The van der Waals surface area contributed by atoms with E-state index in [1.165, 1.54) is 60.8 Å². The summed E-state index contributed by atoms with van der Waals surface area (Å²) in [6.45, 7) is 2.32. The van der Waals surface area contributed by atoms with Gasteiger partial charge < -0.3 is 18.9 Å². The van der Waals surface area contributed by atoms with E-state index >= 15 is 0 Å². The van der Waals surface area contributed by atoms with Gasteiger partial charge in [0.1, 0.15) is 0 Å². The van der Waals surface area contributed by atoms with Crippen LogP contribution in [0.4, 0.5) is 34.1 Å². The van der Waals surface area contributed by atoms with Crippen LogP contribution in [-0.2, 0) is 6.42 Å². The van der Waals surface area contributed by atoms with Crippen molar-refractivity contribution in [2.45, 2.75) is 26.2 Å². The summed E-state index contributed by atoms with van der Waals surface area (Å²) in [6, 6.07) is 72.8. The van der Waals surface area contributed by atoms with Crippen molar-refractivity contribution in [2.24, 2.45) is 5.92 Å². The minimum atomic E-state index is 0.519. The molecule has 65 heavy (non-hydrogen) atoms. The summed E-state index contributed by atoms with van der Waals surface area (Å²) in [6.07, 6.45) is 14.9. The fraction of sp³-hybridized carbons (Fsp3) is 0.0820. The Balaban J connectivity index is 0.907. The van der Waals surface area contributed by atoms with Crippen LogP contribution in [0, 0.1) is 5.92 Å². The van der Waals surface area contributed by atoms with E-state index in [0.717, 1.165) is 59.1 Å². The van der Waals surface area contributed by atoms with E-state index in [1.807, 2.05) is 0 Å². The number of fused-ring (bicyclic) bond motifs is 6. The fourth-order valence-corrected chi connectivity index (χ4v) is 10.2. The number of rotatable bonds is 9. The van der Waals surface area contributed by atoms with Gasteiger partial charge in [0.2, 0.25) is 0 Å². The van der Waals surface area contributed by atoms with Gasteiger partial charge in [0, 0.05) is 67.4 Å². The van der Waals surface area contributed by atoms with Crippen molar-refractivity contribution < 1.29 is 0 Å². The first-order chi connectivity index (χ1) is 32.2. The van der Waals surface area contributed by atoms with Crippen LogP contribution in [0.2, 0.25) is 0 Å². The molecule has 2 heterocycles. The monoisotopic (exact) mass is 836 g/mol. The highest BCUT2D eigenvalue weighted by Gasteiger charge is 2.24. The Labute approximate surface area is 380 Å². The third kappa shape index (κ3) is 6.86. The number of aromatic nitrogens is 2. The zero-order chi connectivity index (χ0) is 43.3. The van der Waals surface area contributed by atoms with Crippen LogP contribution < -0.4 is 9.80 Å². The predicted molar refractivity (Wildman–Crippen MR) is 276 cm³/mol. The fourth-order valence-electron chi connectivity index (χ4n) is 10.2. The Hall–Kier alpha value is -8.08. The summed E-state index contributed by atoms with van der Waals surface area (Å²) in [5.74, 6) is 0.519. The lowest BCUT2D eigenvalue weighted by atomic mass is 9.93. The minimum Gasteiger partial charge on any atom is -0.310 e. The maximum atomic E-state index is 2.49. The number of hydrogen-bond donors (Lipinski definition) is 0. The van der Waals surface area contributed by atoms with E-state index in [2.05, 4.69) is 256 Å². The molecule has 1 unspecified atom stereocenters. The Morgan fingerprint density at radius 2 is 0.938 bits per heavy atom. The predicted octanol–water partition coefficient (Wildman–Crippen LogP) is 16.7. The van der Waals surface area contributed by atoms with Crippen molar-refractivity contribution in [1.82, 2.24) is 9.13 Å². The SMILES string of the molecule is CC1C=Cc2c(c3ccc(N(c4ccccc4)c4ccc(-c5ccc(N(c6ccccc6)c6ccc7c8ccccc8n(-c8ccccc8)c7c6)cc5)cc4)cc3n2C2=CCCC=C2)C1. The third-order valence-corrected chi connectivity index (χ3v) is 13.2. The van der Waals surface area contributed by atoms with Gasteiger partial charge in [0.05, 0.1) is 16.6 Å². The number of para-hydroxylation sites is 4. The van der Waals surface area contributed by atoms with Crippen molar-refractivity contribution >= 4 is 78.6 Å². The molecule has 0 saturated carbocycles. The Kier molecular flexibility index (Phi) is 9.64. The maximum absolute atomic E-state index is 2.49. The standard InChI is InChI=1S/C61H48N4/c1-43-26-39-59-57(40-43)56-38-36-53(42-61(56)65(59)49-22-12-5-13-23-49)63(47-18-8-3-9-19-47)51-33-29-45(30-34-51)44-27-31-50(32-28-44)62(46-16-6-2-7-17-46)52-35-37-55-54-24-14-15-25-58(54)64(60(55)41-52)48-20-10-4-11-21-48/h2-4,6-12,14-39,41-43H,5,13,40H2,1H3.